The Kier molecular flexibility index (Phi) is 2.56. The van der Waals surface area contributed by atoms with Crippen molar-refractivity contribution in [1.82, 2.24) is 4.90 Å². The largest absolute Gasteiger partial charge is 0.285 e. The maximum absolute atomic E-state index is 10.0. The molecule has 4 saturated carbocycles. The third-order valence-corrected chi connectivity index (χ3v) is 7.03. The summed E-state index contributed by atoms with van der Waals surface area (Å²) >= 11 is 0. The molecule has 1 aliphatic heterocycles. The van der Waals surface area contributed by atoms with Gasteiger partial charge in [0, 0.05) is 5.41 Å². The zero-order valence-corrected chi connectivity index (χ0v) is 12.2. The third-order valence-electron chi connectivity index (χ3n) is 7.03. The Labute approximate surface area is 117 Å². The van der Waals surface area contributed by atoms with Gasteiger partial charge in [0.2, 0.25) is 0 Å². The van der Waals surface area contributed by atoms with Crippen LogP contribution in [0.1, 0.15) is 58.3 Å². The molecule has 2 heteroatoms. The van der Waals surface area contributed by atoms with Gasteiger partial charge in [0.25, 0.3) is 0 Å². The van der Waals surface area contributed by atoms with Gasteiger partial charge in [0.05, 0.1) is 6.07 Å². The van der Waals surface area contributed by atoms with Crippen molar-refractivity contribution in [1.29, 1.82) is 5.26 Å². The lowest BCUT2D eigenvalue weighted by Gasteiger charge is -2.62. The predicted octanol–water partition coefficient (Wildman–Crippen LogP) is 3.58. The maximum Gasteiger partial charge on any atom is 0.112 e. The molecule has 0 aromatic heterocycles. The lowest BCUT2D eigenvalue weighted by molar-refractivity contribution is -0.118. The van der Waals surface area contributed by atoms with Crippen molar-refractivity contribution in [2.24, 2.45) is 23.2 Å². The van der Waals surface area contributed by atoms with Crippen LogP contribution >= 0.6 is 0 Å². The summed E-state index contributed by atoms with van der Waals surface area (Å²) in [5, 5.41) is 10.0. The van der Waals surface area contributed by atoms with E-state index in [2.05, 4.69) is 17.9 Å². The topological polar surface area (TPSA) is 27.0 Å². The fraction of sp³-hybridized carbons (Fsp3) is 0.941. The highest BCUT2D eigenvalue weighted by molar-refractivity contribution is 5.21. The lowest BCUT2D eigenvalue weighted by Crippen LogP contribution is -2.62. The molecule has 0 radical (unpaired) electrons. The first-order chi connectivity index (χ1) is 9.15. The number of hydrogen-bond donors (Lipinski definition) is 0. The van der Waals surface area contributed by atoms with Crippen LogP contribution in [0.4, 0.5) is 0 Å². The molecule has 5 aliphatic rings. The van der Waals surface area contributed by atoms with E-state index in [0.29, 0.717) is 5.41 Å². The monoisotopic (exact) mass is 258 g/mol. The molecule has 1 unspecified atom stereocenters. The molecule has 4 bridgehead atoms. The van der Waals surface area contributed by atoms with Crippen LogP contribution in [0.3, 0.4) is 0 Å². The van der Waals surface area contributed by atoms with Gasteiger partial charge < -0.3 is 0 Å². The Balaban J connectivity index is 1.71. The normalized spacial score (nSPS) is 48.1. The van der Waals surface area contributed by atoms with Gasteiger partial charge in [0.15, 0.2) is 0 Å². The van der Waals surface area contributed by atoms with Crippen molar-refractivity contribution in [3.05, 3.63) is 0 Å². The van der Waals surface area contributed by atoms with Crippen LogP contribution in [0.25, 0.3) is 0 Å². The molecular weight excluding hydrogens is 232 g/mol. The number of likely N-dealkylation sites (tertiary alicyclic amines) is 1. The molecule has 2 nitrogen and oxygen atoms in total. The highest BCUT2D eigenvalue weighted by atomic mass is 15.2. The molecular formula is C17H26N2. The molecule has 0 amide bonds. The molecule has 19 heavy (non-hydrogen) atoms. The molecule has 104 valence electrons. The summed E-state index contributed by atoms with van der Waals surface area (Å²) in [6, 6.07) is 2.80. The van der Waals surface area contributed by atoms with Crippen LogP contribution in [0.2, 0.25) is 0 Å². The van der Waals surface area contributed by atoms with Gasteiger partial charge in [-0.2, -0.15) is 5.26 Å². The van der Waals surface area contributed by atoms with Gasteiger partial charge >= 0.3 is 0 Å². The number of rotatable bonds is 2. The van der Waals surface area contributed by atoms with Crippen molar-refractivity contribution < 1.29 is 0 Å². The summed E-state index contributed by atoms with van der Waals surface area (Å²) < 4.78 is 0. The average Bonchev–Trinajstić information content (AvgIpc) is 2.90. The van der Waals surface area contributed by atoms with Crippen molar-refractivity contribution in [2.75, 3.05) is 13.1 Å². The van der Waals surface area contributed by atoms with E-state index in [0.717, 1.165) is 30.8 Å². The predicted molar refractivity (Wildman–Crippen MR) is 75.4 cm³/mol. The Bertz CT molecular complexity index is 380. The third kappa shape index (κ3) is 1.57. The summed E-state index contributed by atoms with van der Waals surface area (Å²) in [6.45, 7) is 4.60. The molecule has 0 aromatic rings. The summed E-state index contributed by atoms with van der Waals surface area (Å²) in [4.78, 5) is 2.54. The van der Waals surface area contributed by atoms with E-state index in [1.54, 1.807) is 0 Å². The van der Waals surface area contributed by atoms with E-state index in [1.807, 2.05) is 0 Å². The molecule has 1 saturated heterocycles. The van der Waals surface area contributed by atoms with Gasteiger partial charge in [0.1, 0.15) is 5.54 Å². The molecule has 0 spiro atoms. The molecule has 0 aromatic carbocycles. The highest BCUT2D eigenvalue weighted by Crippen LogP contribution is 2.64. The van der Waals surface area contributed by atoms with E-state index >= 15 is 0 Å². The quantitative estimate of drug-likeness (QED) is 0.757. The lowest BCUT2D eigenvalue weighted by atomic mass is 9.45. The van der Waals surface area contributed by atoms with Gasteiger partial charge in [-0.15, -0.1) is 0 Å². The molecule has 4 aliphatic carbocycles. The minimum atomic E-state index is -0.181. The second kappa shape index (κ2) is 3.98. The number of nitriles is 1. The summed E-state index contributed by atoms with van der Waals surface area (Å²) in [6.07, 6.45) is 11.0. The van der Waals surface area contributed by atoms with Crippen LogP contribution in [0, 0.1) is 34.5 Å². The molecule has 1 heterocycles. The van der Waals surface area contributed by atoms with Crippen LogP contribution in [-0.2, 0) is 0 Å². The van der Waals surface area contributed by atoms with Crippen LogP contribution < -0.4 is 0 Å². The van der Waals surface area contributed by atoms with Crippen LogP contribution in [-0.4, -0.2) is 23.5 Å². The van der Waals surface area contributed by atoms with Crippen LogP contribution in [0.15, 0.2) is 0 Å². The zero-order chi connectivity index (χ0) is 13.1. The minimum absolute atomic E-state index is 0.181. The average molecular weight is 258 g/mol. The molecule has 1 atom stereocenters. The summed E-state index contributed by atoms with van der Waals surface area (Å²) in [5.41, 5.74) is 0.153. The standard InChI is InChI=1S/C17H26N2/c1-16(12-18,19-4-2-3-5-19)17-9-13-6-14(10-17)8-15(7-13)11-17/h13-15H,2-11H2,1H3. The molecule has 5 rings (SSSR count). The fourth-order valence-corrected chi connectivity index (χ4v) is 6.40. The van der Waals surface area contributed by atoms with E-state index in [-0.39, 0.29) is 5.54 Å². The Hall–Kier alpha value is -0.550. The van der Waals surface area contributed by atoms with Crippen molar-refractivity contribution in [2.45, 2.75) is 63.8 Å². The number of hydrogen-bond acceptors (Lipinski definition) is 2. The van der Waals surface area contributed by atoms with Crippen LogP contribution in [0.5, 0.6) is 0 Å². The summed E-state index contributed by atoms with van der Waals surface area (Å²) in [5.74, 6) is 2.84. The van der Waals surface area contributed by atoms with Crippen molar-refractivity contribution >= 4 is 0 Å². The van der Waals surface area contributed by atoms with Gasteiger partial charge in [-0.25, -0.2) is 0 Å². The maximum atomic E-state index is 10.0. The Morgan fingerprint density at radius 3 is 1.89 bits per heavy atom. The minimum Gasteiger partial charge on any atom is -0.285 e. The number of nitrogens with zero attached hydrogens (tertiary/aromatic N) is 2. The Morgan fingerprint density at radius 2 is 1.47 bits per heavy atom. The second-order valence-electron chi connectivity index (χ2n) is 8.08. The highest BCUT2D eigenvalue weighted by Gasteiger charge is 2.61. The van der Waals surface area contributed by atoms with Gasteiger partial charge in [-0.3, -0.25) is 4.90 Å². The van der Waals surface area contributed by atoms with E-state index < -0.39 is 0 Å². The van der Waals surface area contributed by atoms with E-state index in [9.17, 15) is 5.26 Å². The van der Waals surface area contributed by atoms with Gasteiger partial charge in [-0.1, -0.05) is 0 Å². The fourth-order valence-electron chi connectivity index (χ4n) is 6.40. The molecule has 0 N–H and O–H groups in total. The van der Waals surface area contributed by atoms with Crippen molar-refractivity contribution in [3.63, 3.8) is 0 Å². The first-order valence-electron chi connectivity index (χ1n) is 8.31. The first-order valence-corrected chi connectivity index (χ1v) is 8.31. The Morgan fingerprint density at radius 1 is 1.00 bits per heavy atom. The van der Waals surface area contributed by atoms with E-state index in [4.69, 9.17) is 0 Å². The van der Waals surface area contributed by atoms with E-state index in [1.165, 1.54) is 51.4 Å². The summed E-state index contributed by atoms with van der Waals surface area (Å²) in [7, 11) is 0. The SMILES string of the molecule is CC(C#N)(N1CCCC1)C12CC3CC(CC(C3)C1)C2. The second-order valence-corrected chi connectivity index (χ2v) is 8.08. The first kappa shape index (κ1) is 12.2. The molecule has 5 fully saturated rings. The smallest absolute Gasteiger partial charge is 0.112 e. The van der Waals surface area contributed by atoms with Crippen molar-refractivity contribution in [3.8, 4) is 6.07 Å². The van der Waals surface area contributed by atoms with Gasteiger partial charge in [-0.05, 0) is 89.1 Å². The zero-order valence-electron chi connectivity index (χ0n) is 12.2.